The highest BCUT2D eigenvalue weighted by molar-refractivity contribution is 7.11. The molecule has 19 heavy (non-hydrogen) atoms. The van der Waals surface area contributed by atoms with E-state index in [1.165, 1.54) is 9.75 Å². The minimum Gasteiger partial charge on any atom is -0.380 e. The van der Waals surface area contributed by atoms with E-state index >= 15 is 0 Å². The fraction of sp³-hybridized carbons (Fsp3) is 0.286. The smallest absolute Gasteiger partial charge is 0.274 e. The van der Waals surface area contributed by atoms with Crippen molar-refractivity contribution >= 4 is 22.7 Å². The molecule has 0 aliphatic rings. The van der Waals surface area contributed by atoms with E-state index in [4.69, 9.17) is 0 Å². The molecule has 0 unspecified atom stereocenters. The van der Waals surface area contributed by atoms with Crippen LogP contribution in [0.25, 0.3) is 0 Å². The van der Waals surface area contributed by atoms with Gasteiger partial charge in [-0.3, -0.25) is 10.1 Å². The van der Waals surface area contributed by atoms with Crippen molar-refractivity contribution < 1.29 is 4.92 Å². The van der Waals surface area contributed by atoms with Crippen molar-refractivity contribution in [3.8, 4) is 0 Å². The maximum atomic E-state index is 11.0. The van der Waals surface area contributed by atoms with Gasteiger partial charge in [0.2, 0.25) is 0 Å². The highest BCUT2D eigenvalue weighted by Crippen LogP contribution is 2.24. The van der Waals surface area contributed by atoms with Crippen LogP contribution in [0.1, 0.15) is 22.2 Å². The Hall–Kier alpha value is -1.88. The highest BCUT2D eigenvalue weighted by atomic mass is 32.1. The predicted octanol–water partition coefficient (Wildman–Crippen LogP) is 4.14. The van der Waals surface area contributed by atoms with Crippen LogP contribution in [0, 0.1) is 17.0 Å². The van der Waals surface area contributed by atoms with Gasteiger partial charge in [0.1, 0.15) is 0 Å². The van der Waals surface area contributed by atoms with Crippen LogP contribution >= 0.6 is 11.3 Å². The Morgan fingerprint density at radius 3 is 2.68 bits per heavy atom. The maximum absolute atomic E-state index is 11.0. The van der Waals surface area contributed by atoms with Crippen LogP contribution in [0.4, 0.5) is 11.4 Å². The first-order valence-corrected chi connectivity index (χ1v) is 6.98. The minimum absolute atomic E-state index is 0.190. The Labute approximate surface area is 116 Å². The fourth-order valence-corrected chi connectivity index (χ4v) is 2.74. The van der Waals surface area contributed by atoms with Crippen molar-refractivity contribution in [3.05, 3.63) is 55.8 Å². The summed E-state index contributed by atoms with van der Waals surface area (Å²) >= 11 is 1.73. The summed E-state index contributed by atoms with van der Waals surface area (Å²) in [4.78, 5) is 13.2. The van der Waals surface area contributed by atoms with Crippen LogP contribution in [0.5, 0.6) is 0 Å². The third-order valence-electron chi connectivity index (χ3n) is 2.93. The molecule has 0 radical (unpaired) electrons. The summed E-state index contributed by atoms with van der Waals surface area (Å²) in [6.07, 6.45) is 0.667. The number of hydrogen-bond acceptors (Lipinski definition) is 4. The Bertz CT molecular complexity index is 593. The van der Waals surface area contributed by atoms with Crippen molar-refractivity contribution in [2.75, 3.05) is 5.32 Å². The van der Waals surface area contributed by atoms with Crippen molar-refractivity contribution in [1.82, 2.24) is 0 Å². The van der Waals surface area contributed by atoms with Gasteiger partial charge in [0, 0.05) is 33.6 Å². The molecule has 0 atom stereocenters. The number of nitrogens with zero attached hydrogens (tertiary/aromatic N) is 1. The quantitative estimate of drug-likeness (QED) is 0.659. The van der Waals surface area contributed by atoms with Gasteiger partial charge in [0.25, 0.3) is 5.69 Å². The third kappa shape index (κ3) is 3.32. The molecule has 0 amide bonds. The van der Waals surface area contributed by atoms with Gasteiger partial charge < -0.3 is 5.32 Å². The topological polar surface area (TPSA) is 55.2 Å². The zero-order valence-electron chi connectivity index (χ0n) is 11.0. The molecule has 1 aromatic heterocycles. The van der Waals surface area contributed by atoms with Gasteiger partial charge >= 0.3 is 0 Å². The molecular formula is C14H16N2O2S. The summed E-state index contributed by atoms with van der Waals surface area (Å²) in [6, 6.07) is 9.47. The van der Waals surface area contributed by atoms with Gasteiger partial charge in [-0.2, -0.15) is 0 Å². The van der Waals surface area contributed by atoms with Crippen molar-refractivity contribution in [2.24, 2.45) is 0 Å². The molecule has 0 saturated heterocycles. The van der Waals surface area contributed by atoms with Gasteiger partial charge in [-0.1, -0.05) is 13.0 Å². The Kier molecular flexibility index (Phi) is 4.16. The predicted molar refractivity (Wildman–Crippen MR) is 78.9 cm³/mol. The Morgan fingerprint density at radius 1 is 1.32 bits per heavy atom. The molecule has 4 nitrogen and oxygen atoms in total. The lowest BCUT2D eigenvalue weighted by atomic mass is 10.1. The van der Waals surface area contributed by atoms with Gasteiger partial charge in [-0.25, -0.2) is 0 Å². The van der Waals surface area contributed by atoms with Crippen molar-refractivity contribution in [3.63, 3.8) is 0 Å². The zero-order chi connectivity index (χ0) is 13.8. The zero-order valence-corrected chi connectivity index (χ0v) is 11.8. The molecule has 0 aliphatic heterocycles. The van der Waals surface area contributed by atoms with E-state index in [9.17, 15) is 10.1 Å². The van der Waals surface area contributed by atoms with Crippen LogP contribution in [-0.4, -0.2) is 4.92 Å². The lowest BCUT2D eigenvalue weighted by Crippen LogP contribution is -2.00. The number of nitro groups is 1. The molecule has 2 rings (SSSR count). The molecule has 1 aromatic carbocycles. The summed E-state index contributed by atoms with van der Waals surface area (Å²) in [5, 5.41) is 14.2. The molecule has 0 saturated carbocycles. The summed E-state index contributed by atoms with van der Waals surface area (Å²) in [5.74, 6) is 0. The SMILES string of the molecule is CCc1ccc(NCc2ccc(C)s2)cc1[N+](=O)[O-]. The second-order valence-electron chi connectivity index (χ2n) is 4.32. The highest BCUT2D eigenvalue weighted by Gasteiger charge is 2.12. The Balaban J connectivity index is 2.12. The number of nitro benzene ring substituents is 1. The average Bonchev–Trinajstić information content (AvgIpc) is 2.81. The van der Waals surface area contributed by atoms with E-state index < -0.39 is 0 Å². The molecule has 2 aromatic rings. The number of rotatable bonds is 5. The number of anilines is 1. The molecule has 1 heterocycles. The lowest BCUT2D eigenvalue weighted by Gasteiger charge is -2.06. The standard InChI is InChI=1S/C14H16N2O2S/c1-3-11-5-6-12(8-14(11)16(17)18)15-9-13-7-4-10(2)19-13/h4-8,15H,3,9H2,1-2H3. The van der Waals surface area contributed by atoms with Crippen LogP contribution in [-0.2, 0) is 13.0 Å². The molecule has 0 bridgehead atoms. The van der Waals surface area contributed by atoms with Gasteiger partial charge in [0.05, 0.1) is 4.92 Å². The van der Waals surface area contributed by atoms with E-state index in [0.717, 1.165) is 11.3 Å². The van der Waals surface area contributed by atoms with Crippen LogP contribution in [0.2, 0.25) is 0 Å². The number of aryl methyl sites for hydroxylation is 2. The molecule has 5 heteroatoms. The lowest BCUT2D eigenvalue weighted by molar-refractivity contribution is -0.385. The Morgan fingerprint density at radius 2 is 2.11 bits per heavy atom. The third-order valence-corrected chi connectivity index (χ3v) is 3.93. The van der Waals surface area contributed by atoms with E-state index in [-0.39, 0.29) is 10.6 Å². The summed E-state index contributed by atoms with van der Waals surface area (Å²) in [7, 11) is 0. The largest absolute Gasteiger partial charge is 0.380 e. The second-order valence-corrected chi connectivity index (χ2v) is 5.69. The molecule has 0 aliphatic carbocycles. The van der Waals surface area contributed by atoms with Gasteiger partial charge in [-0.15, -0.1) is 11.3 Å². The normalized spacial score (nSPS) is 10.4. The summed E-state index contributed by atoms with van der Waals surface area (Å²) in [6.45, 7) is 4.68. The number of nitrogens with one attached hydrogen (secondary N) is 1. The van der Waals surface area contributed by atoms with E-state index in [1.54, 1.807) is 17.4 Å². The van der Waals surface area contributed by atoms with Crippen LogP contribution in [0.15, 0.2) is 30.3 Å². The maximum Gasteiger partial charge on any atom is 0.274 e. The minimum atomic E-state index is -0.320. The number of thiophene rings is 1. The number of hydrogen-bond donors (Lipinski definition) is 1. The van der Waals surface area contributed by atoms with E-state index in [0.29, 0.717) is 13.0 Å². The monoisotopic (exact) mass is 276 g/mol. The van der Waals surface area contributed by atoms with Crippen molar-refractivity contribution in [1.29, 1.82) is 0 Å². The van der Waals surface area contributed by atoms with Crippen LogP contribution in [0.3, 0.4) is 0 Å². The second kappa shape index (κ2) is 5.84. The van der Waals surface area contributed by atoms with E-state index in [1.807, 2.05) is 19.1 Å². The van der Waals surface area contributed by atoms with Gasteiger partial charge in [0.15, 0.2) is 0 Å². The molecule has 0 fully saturated rings. The molecule has 100 valence electrons. The number of benzene rings is 1. The fourth-order valence-electron chi connectivity index (χ4n) is 1.91. The molecule has 1 N–H and O–H groups in total. The molecular weight excluding hydrogens is 260 g/mol. The average molecular weight is 276 g/mol. The van der Waals surface area contributed by atoms with Gasteiger partial charge in [-0.05, 0) is 31.5 Å². The summed E-state index contributed by atoms with van der Waals surface area (Å²) < 4.78 is 0. The van der Waals surface area contributed by atoms with Crippen molar-refractivity contribution in [2.45, 2.75) is 26.8 Å². The first-order chi connectivity index (χ1) is 9.10. The first-order valence-electron chi connectivity index (χ1n) is 6.16. The van der Waals surface area contributed by atoms with Crippen LogP contribution < -0.4 is 5.32 Å². The first kappa shape index (κ1) is 13.5. The van der Waals surface area contributed by atoms with E-state index in [2.05, 4.69) is 24.4 Å². The molecule has 0 spiro atoms. The summed E-state index contributed by atoms with van der Waals surface area (Å²) in [5.41, 5.74) is 1.74.